The summed E-state index contributed by atoms with van der Waals surface area (Å²) in [4.78, 5) is 15.4. The van der Waals surface area contributed by atoms with Crippen molar-refractivity contribution in [2.45, 2.75) is 26.3 Å². The second kappa shape index (κ2) is 8.44. The van der Waals surface area contributed by atoms with E-state index >= 15 is 0 Å². The second-order valence-electron chi connectivity index (χ2n) is 7.59. The average molecular weight is 464 g/mol. The Morgan fingerprint density at radius 3 is 2.75 bits per heavy atom. The number of benzene rings is 2. The maximum atomic E-state index is 13.1. The number of thiocarbonyl (C=S) groups is 1. The number of para-hydroxylation sites is 1. The third kappa shape index (κ3) is 3.69. The Kier molecular flexibility index (Phi) is 5.48. The zero-order valence-corrected chi connectivity index (χ0v) is 19.3. The minimum atomic E-state index is -0.0570. The van der Waals surface area contributed by atoms with E-state index in [1.54, 1.807) is 4.90 Å². The van der Waals surface area contributed by atoms with E-state index in [-0.39, 0.29) is 18.7 Å². The minimum Gasteiger partial charge on any atom is -0.454 e. The highest BCUT2D eigenvalue weighted by atomic mass is 32.2. The Morgan fingerprint density at radius 2 is 1.97 bits per heavy atom. The minimum absolute atomic E-state index is 0.0570. The molecule has 32 heavy (non-hydrogen) atoms. The first-order valence-corrected chi connectivity index (χ1v) is 11.6. The third-order valence-electron chi connectivity index (χ3n) is 5.55. The van der Waals surface area contributed by atoms with Crippen LogP contribution in [0.4, 0.5) is 0 Å². The first-order valence-electron chi connectivity index (χ1n) is 10.4. The Labute approximate surface area is 195 Å². The van der Waals surface area contributed by atoms with Gasteiger partial charge in [-0.05, 0) is 49.8 Å². The Morgan fingerprint density at radius 1 is 1.19 bits per heavy atom. The van der Waals surface area contributed by atoms with Crippen molar-refractivity contribution in [1.82, 2.24) is 14.7 Å². The van der Waals surface area contributed by atoms with E-state index in [0.717, 1.165) is 28.9 Å². The molecule has 2 aliphatic rings. The number of hydrogen-bond donors (Lipinski definition) is 0. The highest BCUT2D eigenvalue weighted by molar-refractivity contribution is 8.26. The van der Waals surface area contributed by atoms with Gasteiger partial charge >= 0.3 is 0 Å². The lowest BCUT2D eigenvalue weighted by Gasteiger charge is -2.21. The molecule has 3 heterocycles. The number of nitrogens with zero attached hydrogens (tertiary/aromatic N) is 3. The van der Waals surface area contributed by atoms with Crippen molar-refractivity contribution in [3.63, 3.8) is 0 Å². The molecule has 2 aromatic carbocycles. The summed E-state index contributed by atoms with van der Waals surface area (Å²) in [5.74, 6) is 1.34. The molecule has 1 unspecified atom stereocenters. The van der Waals surface area contributed by atoms with Gasteiger partial charge in [0.1, 0.15) is 10.0 Å². The van der Waals surface area contributed by atoms with Gasteiger partial charge in [-0.1, -0.05) is 49.1 Å². The molecule has 0 radical (unpaired) electrons. The van der Waals surface area contributed by atoms with Crippen LogP contribution in [0.3, 0.4) is 0 Å². The smallest absolute Gasteiger partial charge is 0.266 e. The molecule has 0 spiro atoms. The van der Waals surface area contributed by atoms with Crippen LogP contribution >= 0.6 is 24.0 Å². The molecule has 1 amide bonds. The molecule has 6 nitrogen and oxygen atoms in total. The van der Waals surface area contributed by atoms with Crippen molar-refractivity contribution < 1.29 is 14.3 Å². The number of carbonyl (C=O) groups is 1. The average Bonchev–Trinajstić information content (AvgIpc) is 3.51. The van der Waals surface area contributed by atoms with Crippen LogP contribution in [0.2, 0.25) is 0 Å². The highest BCUT2D eigenvalue weighted by Gasteiger charge is 2.35. The van der Waals surface area contributed by atoms with Gasteiger partial charge in [-0.25, -0.2) is 4.68 Å². The molecule has 1 saturated heterocycles. The number of ether oxygens (including phenoxy) is 2. The van der Waals surface area contributed by atoms with Gasteiger partial charge in [0, 0.05) is 23.4 Å². The molecule has 0 saturated carbocycles. The number of hydrogen-bond acceptors (Lipinski definition) is 6. The van der Waals surface area contributed by atoms with Crippen molar-refractivity contribution in [3.05, 3.63) is 65.2 Å². The van der Waals surface area contributed by atoms with Crippen LogP contribution in [0, 0.1) is 0 Å². The van der Waals surface area contributed by atoms with Gasteiger partial charge in [-0.3, -0.25) is 9.69 Å². The Bertz CT molecular complexity index is 1240. The van der Waals surface area contributed by atoms with E-state index < -0.39 is 0 Å². The molecule has 0 bridgehead atoms. The molecule has 1 fully saturated rings. The fourth-order valence-electron chi connectivity index (χ4n) is 3.66. The van der Waals surface area contributed by atoms with Crippen molar-refractivity contribution in [1.29, 1.82) is 0 Å². The van der Waals surface area contributed by atoms with Gasteiger partial charge < -0.3 is 9.47 Å². The van der Waals surface area contributed by atoms with Gasteiger partial charge in [0.25, 0.3) is 5.91 Å². The van der Waals surface area contributed by atoms with Crippen molar-refractivity contribution >= 4 is 40.3 Å². The first-order chi connectivity index (χ1) is 15.5. The zero-order chi connectivity index (χ0) is 22.2. The van der Waals surface area contributed by atoms with Crippen LogP contribution in [0.25, 0.3) is 23.0 Å². The predicted molar refractivity (Wildman–Crippen MR) is 130 cm³/mol. The number of aromatic nitrogens is 2. The lowest BCUT2D eigenvalue weighted by molar-refractivity contribution is -0.123. The summed E-state index contributed by atoms with van der Waals surface area (Å²) < 4.78 is 13.4. The quantitative estimate of drug-likeness (QED) is 0.380. The summed E-state index contributed by atoms with van der Waals surface area (Å²) in [6.45, 7) is 4.27. The fraction of sp³-hybridized carbons (Fsp3) is 0.208. The summed E-state index contributed by atoms with van der Waals surface area (Å²) in [5.41, 5.74) is 3.40. The first kappa shape index (κ1) is 20.8. The largest absolute Gasteiger partial charge is 0.454 e. The van der Waals surface area contributed by atoms with Crippen molar-refractivity contribution in [3.8, 4) is 28.4 Å². The molecule has 1 atom stereocenters. The summed E-state index contributed by atoms with van der Waals surface area (Å²) >= 11 is 6.83. The van der Waals surface area contributed by atoms with Gasteiger partial charge in [0.05, 0.1) is 10.6 Å². The number of rotatable bonds is 5. The predicted octanol–water partition coefficient (Wildman–Crippen LogP) is 5.27. The molecular formula is C24H21N3O3S2. The van der Waals surface area contributed by atoms with Crippen LogP contribution < -0.4 is 9.47 Å². The molecule has 2 aliphatic heterocycles. The normalized spacial score (nSPS) is 17.4. The monoisotopic (exact) mass is 463 g/mol. The Balaban J connectivity index is 1.60. The zero-order valence-electron chi connectivity index (χ0n) is 17.6. The second-order valence-corrected chi connectivity index (χ2v) is 9.27. The van der Waals surface area contributed by atoms with E-state index in [9.17, 15) is 4.79 Å². The molecule has 3 aromatic rings. The van der Waals surface area contributed by atoms with Gasteiger partial charge in [0.2, 0.25) is 6.79 Å². The van der Waals surface area contributed by atoms with E-state index in [0.29, 0.717) is 20.7 Å². The van der Waals surface area contributed by atoms with Crippen LogP contribution in [0.15, 0.2) is 59.6 Å². The van der Waals surface area contributed by atoms with Crippen LogP contribution in [-0.2, 0) is 4.79 Å². The van der Waals surface area contributed by atoms with Crippen LogP contribution in [0.1, 0.15) is 25.8 Å². The number of carbonyl (C=O) groups excluding carboxylic acids is 1. The number of thioether (sulfide) groups is 1. The SMILES string of the molecule is CCC(C)N1C(=O)/C(=C/c2cn(-c3ccccc3)nc2-c2ccc3c(c2)OCO3)SC1=S. The molecular weight excluding hydrogens is 442 g/mol. The molecule has 5 rings (SSSR count). The summed E-state index contributed by atoms with van der Waals surface area (Å²) in [5, 5.41) is 4.84. The number of fused-ring (bicyclic) bond motifs is 1. The molecule has 8 heteroatoms. The van der Waals surface area contributed by atoms with Gasteiger partial charge in [0.15, 0.2) is 11.5 Å². The summed E-state index contributed by atoms with van der Waals surface area (Å²) in [6.07, 6.45) is 4.66. The lowest BCUT2D eigenvalue weighted by atomic mass is 10.1. The van der Waals surface area contributed by atoms with Gasteiger partial charge in [-0.15, -0.1) is 0 Å². The summed E-state index contributed by atoms with van der Waals surface area (Å²) in [6, 6.07) is 15.7. The van der Waals surface area contributed by atoms with Crippen LogP contribution in [0.5, 0.6) is 11.5 Å². The maximum Gasteiger partial charge on any atom is 0.266 e. The van der Waals surface area contributed by atoms with Crippen LogP contribution in [-0.4, -0.2) is 37.7 Å². The lowest BCUT2D eigenvalue weighted by Crippen LogP contribution is -2.36. The highest BCUT2D eigenvalue weighted by Crippen LogP contribution is 2.39. The van der Waals surface area contributed by atoms with Crippen molar-refractivity contribution in [2.75, 3.05) is 6.79 Å². The van der Waals surface area contributed by atoms with E-state index in [2.05, 4.69) is 6.92 Å². The molecule has 0 N–H and O–H groups in total. The molecule has 162 valence electrons. The van der Waals surface area contributed by atoms with Crippen molar-refractivity contribution in [2.24, 2.45) is 0 Å². The maximum absolute atomic E-state index is 13.1. The standard InChI is InChI=1S/C24H21N3O3S2/c1-3-15(2)27-23(28)21(32-24(27)31)12-17-13-26(18-7-5-4-6-8-18)25-22(17)16-9-10-19-20(11-16)30-14-29-19/h4-13,15H,3,14H2,1-2H3/b21-12-. The number of amides is 1. The topological polar surface area (TPSA) is 56.6 Å². The molecule has 0 aliphatic carbocycles. The van der Waals surface area contributed by atoms with Gasteiger partial charge in [-0.2, -0.15) is 5.10 Å². The Hall–Kier alpha value is -3.10. The van der Waals surface area contributed by atoms with E-state index in [4.69, 9.17) is 26.8 Å². The fourth-order valence-corrected chi connectivity index (χ4v) is 5.11. The van der Waals surface area contributed by atoms with E-state index in [1.807, 2.05) is 72.4 Å². The van der Waals surface area contributed by atoms with E-state index in [1.165, 1.54) is 11.8 Å². The molecule has 1 aromatic heterocycles. The summed E-state index contributed by atoms with van der Waals surface area (Å²) in [7, 11) is 0. The third-order valence-corrected chi connectivity index (χ3v) is 6.88.